The number of benzene rings is 1. The van der Waals surface area contributed by atoms with E-state index in [9.17, 15) is 0 Å². The van der Waals surface area contributed by atoms with E-state index in [0.717, 1.165) is 11.8 Å². The molecule has 2 atom stereocenters. The standard InChI is InChI=1S/C30H50/c1-6-26-22-27(18-16-24(26)2)30(28-19-17-25(3)29(4,5)23-28)20-14-12-10-8-7-9-11-13-15-21-30/h16,18,22,25,28H,6-15,17,19-21,23H2,1-5H3. The minimum Gasteiger partial charge on any atom is -0.0620 e. The zero-order valence-electron chi connectivity index (χ0n) is 21.0. The summed E-state index contributed by atoms with van der Waals surface area (Å²) in [6.45, 7) is 12.3. The van der Waals surface area contributed by atoms with Crippen LogP contribution in [0.2, 0.25) is 0 Å². The average molecular weight is 411 g/mol. The molecule has 3 rings (SSSR count). The number of aryl methyl sites for hydroxylation is 2. The summed E-state index contributed by atoms with van der Waals surface area (Å²) in [5.41, 5.74) is 5.67. The van der Waals surface area contributed by atoms with Gasteiger partial charge in [-0.1, -0.05) is 104 Å². The molecule has 2 fully saturated rings. The van der Waals surface area contributed by atoms with Crippen molar-refractivity contribution in [2.75, 3.05) is 0 Å². The quantitative estimate of drug-likeness (QED) is 0.465. The second kappa shape index (κ2) is 10.7. The maximum absolute atomic E-state index is 2.65. The molecule has 2 unspecified atom stereocenters. The lowest BCUT2D eigenvalue weighted by atomic mass is 9.54. The van der Waals surface area contributed by atoms with Gasteiger partial charge in [-0.25, -0.2) is 0 Å². The molecule has 0 aliphatic heterocycles. The number of hydrogen-bond donors (Lipinski definition) is 0. The first-order valence-corrected chi connectivity index (χ1v) is 13.5. The molecule has 0 aromatic heterocycles. The van der Waals surface area contributed by atoms with Crippen molar-refractivity contribution in [3.05, 3.63) is 34.9 Å². The van der Waals surface area contributed by atoms with E-state index < -0.39 is 0 Å². The third-order valence-electron chi connectivity index (χ3n) is 9.39. The largest absolute Gasteiger partial charge is 0.0620 e. The summed E-state index contributed by atoms with van der Waals surface area (Å²) in [6, 6.07) is 7.64. The number of hydrogen-bond acceptors (Lipinski definition) is 0. The fourth-order valence-electron chi connectivity index (χ4n) is 6.79. The Bertz CT molecular complexity index is 640. The molecule has 1 aromatic rings. The summed E-state index contributed by atoms with van der Waals surface area (Å²) in [4.78, 5) is 0. The maximum atomic E-state index is 2.65. The highest BCUT2D eigenvalue weighted by molar-refractivity contribution is 5.36. The zero-order valence-corrected chi connectivity index (χ0v) is 21.0. The Balaban J connectivity index is 1.99. The topological polar surface area (TPSA) is 0 Å². The van der Waals surface area contributed by atoms with Crippen molar-refractivity contribution >= 4 is 0 Å². The van der Waals surface area contributed by atoms with Gasteiger partial charge < -0.3 is 0 Å². The highest BCUT2D eigenvalue weighted by Gasteiger charge is 2.45. The van der Waals surface area contributed by atoms with Crippen LogP contribution in [0.4, 0.5) is 0 Å². The highest BCUT2D eigenvalue weighted by atomic mass is 14.5. The molecule has 2 aliphatic rings. The predicted octanol–water partition coefficient (Wildman–Crippen LogP) is 9.56. The Morgan fingerprint density at radius 2 is 1.40 bits per heavy atom. The lowest BCUT2D eigenvalue weighted by Crippen LogP contribution is -2.43. The molecule has 2 saturated carbocycles. The fourth-order valence-corrected chi connectivity index (χ4v) is 6.79. The Morgan fingerprint density at radius 1 is 0.833 bits per heavy atom. The van der Waals surface area contributed by atoms with Gasteiger partial charge in [0.2, 0.25) is 0 Å². The molecule has 0 radical (unpaired) electrons. The van der Waals surface area contributed by atoms with Crippen molar-refractivity contribution in [3.63, 3.8) is 0 Å². The van der Waals surface area contributed by atoms with E-state index in [1.165, 1.54) is 102 Å². The summed E-state index contributed by atoms with van der Waals surface area (Å²) in [7, 11) is 0. The van der Waals surface area contributed by atoms with E-state index in [4.69, 9.17) is 0 Å². The molecular formula is C30H50. The zero-order chi connectivity index (χ0) is 21.6. The second-order valence-electron chi connectivity index (χ2n) is 11.7. The smallest absolute Gasteiger partial charge is 0.00184 e. The van der Waals surface area contributed by atoms with E-state index in [0.29, 0.717) is 10.8 Å². The SMILES string of the molecule is CCc1cc(C2(C3CCC(C)C(C)(C)C3)CCCCCCCCCCC2)ccc1C. The second-order valence-corrected chi connectivity index (χ2v) is 11.7. The summed E-state index contributed by atoms with van der Waals surface area (Å²) < 4.78 is 0. The van der Waals surface area contributed by atoms with Gasteiger partial charge in [-0.15, -0.1) is 0 Å². The summed E-state index contributed by atoms with van der Waals surface area (Å²) >= 11 is 0. The van der Waals surface area contributed by atoms with Gasteiger partial charge in [0.15, 0.2) is 0 Å². The third kappa shape index (κ3) is 5.52. The Labute approximate surface area is 188 Å². The first-order valence-electron chi connectivity index (χ1n) is 13.5. The molecule has 0 spiro atoms. The van der Waals surface area contributed by atoms with Gasteiger partial charge in [-0.05, 0) is 84.8 Å². The molecule has 0 heterocycles. The third-order valence-corrected chi connectivity index (χ3v) is 9.39. The Hall–Kier alpha value is -0.780. The van der Waals surface area contributed by atoms with E-state index in [1.807, 2.05) is 0 Å². The summed E-state index contributed by atoms with van der Waals surface area (Å²) in [5, 5.41) is 0. The molecule has 2 aliphatic carbocycles. The van der Waals surface area contributed by atoms with Gasteiger partial charge in [0, 0.05) is 0 Å². The molecule has 0 bridgehead atoms. The maximum Gasteiger partial charge on any atom is -0.00184 e. The number of rotatable bonds is 3. The van der Waals surface area contributed by atoms with Gasteiger partial charge in [0.1, 0.15) is 0 Å². The summed E-state index contributed by atoms with van der Waals surface area (Å²) in [6.07, 6.45) is 21.4. The first kappa shape index (κ1) is 23.9. The molecule has 1 aromatic carbocycles. The van der Waals surface area contributed by atoms with Crippen LogP contribution in [0.3, 0.4) is 0 Å². The van der Waals surface area contributed by atoms with Crippen LogP contribution in [0.5, 0.6) is 0 Å². The summed E-state index contributed by atoms with van der Waals surface area (Å²) in [5.74, 6) is 1.72. The molecule has 0 heteroatoms. The predicted molar refractivity (Wildman–Crippen MR) is 133 cm³/mol. The van der Waals surface area contributed by atoms with Gasteiger partial charge >= 0.3 is 0 Å². The molecule has 0 N–H and O–H groups in total. The highest BCUT2D eigenvalue weighted by Crippen LogP contribution is 2.54. The van der Waals surface area contributed by atoms with Crippen molar-refractivity contribution in [1.82, 2.24) is 0 Å². The normalized spacial score (nSPS) is 28.3. The van der Waals surface area contributed by atoms with Gasteiger partial charge in [0.05, 0.1) is 0 Å². The molecule has 0 saturated heterocycles. The van der Waals surface area contributed by atoms with Crippen LogP contribution in [0.25, 0.3) is 0 Å². The minimum atomic E-state index is 0.411. The van der Waals surface area contributed by atoms with Crippen LogP contribution in [-0.4, -0.2) is 0 Å². The lowest BCUT2D eigenvalue weighted by Gasteiger charge is -2.50. The van der Waals surface area contributed by atoms with Crippen molar-refractivity contribution in [3.8, 4) is 0 Å². The van der Waals surface area contributed by atoms with E-state index in [1.54, 1.807) is 11.1 Å². The van der Waals surface area contributed by atoms with Crippen molar-refractivity contribution in [2.24, 2.45) is 17.3 Å². The molecular weight excluding hydrogens is 360 g/mol. The van der Waals surface area contributed by atoms with Crippen molar-refractivity contribution in [1.29, 1.82) is 0 Å². The van der Waals surface area contributed by atoms with Crippen LogP contribution in [0.1, 0.15) is 134 Å². The van der Waals surface area contributed by atoms with E-state index in [2.05, 4.69) is 52.8 Å². The van der Waals surface area contributed by atoms with Crippen molar-refractivity contribution < 1.29 is 0 Å². The van der Waals surface area contributed by atoms with Gasteiger partial charge in [-0.3, -0.25) is 0 Å². The van der Waals surface area contributed by atoms with Crippen LogP contribution in [0.15, 0.2) is 18.2 Å². The van der Waals surface area contributed by atoms with Gasteiger partial charge in [-0.2, -0.15) is 0 Å². The van der Waals surface area contributed by atoms with Crippen LogP contribution >= 0.6 is 0 Å². The molecule has 170 valence electrons. The van der Waals surface area contributed by atoms with Crippen LogP contribution < -0.4 is 0 Å². The van der Waals surface area contributed by atoms with E-state index >= 15 is 0 Å². The fraction of sp³-hybridized carbons (Fsp3) is 0.800. The monoisotopic (exact) mass is 410 g/mol. The van der Waals surface area contributed by atoms with Crippen molar-refractivity contribution in [2.45, 2.75) is 136 Å². The Kier molecular flexibility index (Phi) is 8.51. The first-order chi connectivity index (χ1) is 14.4. The molecule has 0 nitrogen and oxygen atoms in total. The minimum absolute atomic E-state index is 0.411. The average Bonchev–Trinajstić information content (AvgIpc) is 2.71. The van der Waals surface area contributed by atoms with E-state index in [-0.39, 0.29) is 0 Å². The Morgan fingerprint density at radius 3 is 1.93 bits per heavy atom. The lowest BCUT2D eigenvalue weighted by molar-refractivity contribution is 0.0509. The van der Waals surface area contributed by atoms with Gasteiger partial charge in [0.25, 0.3) is 0 Å². The van der Waals surface area contributed by atoms with Crippen LogP contribution in [0, 0.1) is 24.2 Å². The molecule has 30 heavy (non-hydrogen) atoms. The molecule has 0 amide bonds. The van der Waals surface area contributed by atoms with Crippen LogP contribution in [-0.2, 0) is 11.8 Å².